The van der Waals surface area contributed by atoms with Crippen molar-refractivity contribution in [3.8, 4) is 5.75 Å². The highest BCUT2D eigenvalue weighted by Gasteiger charge is 2.34. The van der Waals surface area contributed by atoms with E-state index in [0.29, 0.717) is 33.5 Å². The first-order valence-electron chi connectivity index (χ1n) is 10.0. The summed E-state index contributed by atoms with van der Waals surface area (Å²) in [6.07, 6.45) is 0.555. The third-order valence-corrected chi connectivity index (χ3v) is 5.84. The fraction of sp³-hybridized carbons (Fsp3) is 0.348. The number of carboxylic acids is 1. The van der Waals surface area contributed by atoms with Crippen LogP contribution >= 0.6 is 34.8 Å². The molecule has 0 amide bonds. The number of Topliss-reactive ketones (excluding diaryl/α,β-unsaturated/α-hetero) is 1. The molecule has 0 saturated heterocycles. The third-order valence-electron chi connectivity index (χ3n) is 5.00. The molecule has 0 radical (unpaired) electrons. The summed E-state index contributed by atoms with van der Waals surface area (Å²) in [5.74, 6) is -0.371. The minimum absolute atomic E-state index is 0.104. The topological polar surface area (TPSA) is 85.2 Å². The van der Waals surface area contributed by atoms with Gasteiger partial charge in [0.1, 0.15) is 11.9 Å². The smallest absolute Gasteiger partial charge is 0.341 e. The van der Waals surface area contributed by atoms with Crippen molar-refractivity contribution in [1.29, 1.82) is 0 Å². The van der Waals surface area contributed by atoms with Crippen LogP contribution in [0.5, 0.6) is 5.75 Å². The lowest BCUT2D eigenvalue weighted by atomic mass is 9.95. The molecule has 1 N–H and O–H groups in total. The van der Waals surface area contributed by atoms with Crippen LogP contribution in [-0.4, -0.2) is 41.5 Å². The van der Waals surface area contributed by atoms with E-state index in [-0.39, 0.29) is 41.0 Å². The van der Waals surface area contributed by atoms with Gasteiger partial charge in [0.05, 0.1) is 21.7 Å². The highest BCUT2D eigenvalue weighted by molar-refractivity contribution is 6.36. The maximum Gasteiger partial charge on any atom is 0.341 e. The van der Waals surface area contributed by atoms with E-state index < -0.39 is 12.6 Å². The van der Waals surface area contributed by atoms with E-state index in [4.69, 9.17) is 54.4 Å². The molecule has 1 heterocycles. The number of halogens is 3. The summed E-state index contributed by atoms with van der Waals surface area (Å²) in [5.41, 5.74) is 1.09. The lowest BCUT2D eigenvalue weighted by Gasteiger charge is -2.21. The van der Waals surface area contributed by atoms with Gasteiger partial charge in [0.25, 0.3) is 0 Å². The quantitative estimate of drug-likeness (QED) is 0.432. The molecule has 0 saturated carbocycles. The highest BCUT2D eigenvalue weighted by atomic mass is 35.5. The normalized spacial score (nSPS) is 17.8. The van der Waals surface area contributed by atoms with Gasteiger partial charge in [0.15, 0.2) is 12.4 Å². The van der Waals surface area contributed by atoms with Crippen LogP contribution < -0.4 is 4.74 Å². The molecule has 0 bridgehead atoms. The van der Waals surface area contributed by atoms with Gasteiger partial charge in [-0.1, -0.05) is 48.7 Å². The Kier molecular flexibility index (Phi) is 8.04. The Hall–Kier alpha value is -2.28. The molecular weight excluding hydrogens is 477 g/mol. The molecule has 2 aromatic carbocycles. The maximum absolute atomic E-state index is 12.7. The van der Waals surface area contributed by atoms with Gasteiger partial charge < -0.3 is 14.6 Å². The van der Waals surface area contributed by atoms with E-state index in [2.05, 4.69) is 0 Å². The van der Waals surface area contributed by atoms with Crippen molar-refractivity contribution in [1.82, 2.24) is 0 Å². The van der Waals surface area contributed by atoms with Crippen LogP contribution in [0.3, 0.4) is 0 Å². The summed E-state index contributed by atoms with van der Waals surface area (Å²) >= 11 is 18.4. The van der Waals surface area contributed by atoms with Crippen LogP contribution in [0.15, 0.2) is 41.4 Å². The second-order valence-corrected chi connectivity index (χ2v) is 8.99. The summed E-state index contributed by atoms with van der Waals surface area (Å²) in [4.78, 5) is 28.1. The van der Waals surface area contributed by atoms with Crippen molar-refractivity contribution in [3.63, 3.8) is 0 Å². The first kappa shape index (κ1) is 24.4. The van der Waals surface area contributed by atoms with Gasteiger partial charge in [-0.05, 0) is 48.7 Å². The van der Waals surface area contributed by atoms with Gasteiger partial charge in [0, 0.05) is 17.0 Å². The molecule has 6 nitrogen and oxygen atoms in total. The number of aliphatic carboxylic acids is 1. The van der Waals surface area contributed by atoms with E-state index in [1.54, 1.807) is 24.3 Å². The van der Waals surface area contributed by atoms with Crippen LogP contribution in [0.4, 0.5) is 0 Å². The van der Waals surface area contributed by atoms with E-state index in [1.165, 1.54) is 12.1 Å². The van der Waals surface area contributed by atoms with Crippen molar-refractivity contribution in [2.45, 2.75) is 38.8 Å². The number of ketones is 1. The van der Waals surface area contributed by atoms with E-state index in [0.717, 1.165) is 0 Å². The Balaban J connectivity index is 1.70. The number of hydrogen-bond acceptors (Lipinski definition) is 5. The predicted molar refractivity (Wildman–Crippen MR) is 125 cm³/mol. The number of rotatable bonds is 9. The number of ether oxygens (including phenoxy) is 2. The van der Waals surface area contributed by atoms with Gasteiger partial charge in [-0.2, -0.15) is 0 Å². The Morgan fingerprint density at radius 1 is 1.12 bits per heavy atom. The van der Waals surface area contributed by atoms with Gasteiger partial charge in [-0.3, -0.25) is 4.79 Å². The SMILES string of the molecule is CC(C)C1OC(c2ccc(Cl)cc2Cl)=NC1CCC(=O)c1ccc(OCC(=O)O)c(Cl)c1. The van der Waals surface area contributed by atoms with Gasteiger partial charge in [-0.25, -0.2) is 9.79 Å². The average Bonchev–Trinajstić information content (AvgIpc) is 3.15. The van der Waals surface area contributed by atoms with Gasteiger partial charge >= 0.3 is 5.97 Å². The van der Waals surface area contributed by atoms with Crippen LogP contribution in [0, 0.1) is 5.92 Å². The molecule has 9 heteroatoms. The summed E-state index contributed by atoms with van der Waals surface area (Å²) in [7, 11) is 0. The monoisotopic (exact) mass is 497 g/mol. The number of benzene rings is 2. The molecular formula is C23H22Cl3NO5. The molecule has 2 unspecified atom stereocenters. The molecule has 32 heavy (non-hydrogen) atoms. The number of carbonyl (C=O) groups is 2. The summed E-state index contributed by atoms with van der Waals surface area (Å²) < 4.78 is 11.2. The number of nitrogens with zero attached hydrogens (tertiary/aromatic N) is 1. The fourth-order valence-corrected chi connectivity index (χ4v) is 4.15. The summed E-state index contributed by atoms with van der Waals surface area (Å²) in [5, 5.41) is 9.86. The van der Waals surface area contributed by atoms with E-state index >= 15 is 0 Å². The molecule has 2 atom stereocenters. The zero-order valence-corrected chi connectivity index (χ0v) is 19.7. The zero-order chi connectivity index (χ0) is 23.4. The number of hydrogen-bond donors (Lipinski definition) is 1. The number of carbonyl (C=O) groups excluding carboxylic acids is 1. The largest absolute Gasteiger partial charge is 0.480 e. The summed E-state index contributed by atoms with van der Waals surface area (Å²) in [6, 6.07) is 9.47. The second kappa shape index (κ2) is 10.6. The maximum atomic E-state index is 12.7. The average molecular weight is 499 g/mol. The van der Waals surface area contributed by atoms with Crippen molar-refractivity contribution in [2.75, 3.05) is 6.61 Å². The Bertz CT molecular complexity index is 1050. The van der Waals surface area contributed by atoms with Crippen LogP contribution in [0.2, 0.25) is 15.1 Å². The lowest BCUT2D eigenvalue weighted by molar-refractivity contribution is -0.139. The fourth-order valence-electron chi connectivity index (χ4n) is 3.42. The molecule has 170 valence electrons. The molecule has 1 aliphatic heterocycles. The van der Waals surface area contributed by atoms with Crippen molar-refractivity contribution >= 4 is 52.5 Å². The first-order valence-corrected chi connectivity index (χ1v) is 11.2. The molecule has 0 fully saturated rings. The molecule has 2 aromatic rings. The van der Waals surface area contributed by atoms with Crippen molar-refractivity contribution < 1.29 is 24.2 Å². The standard InChI is InChI=1S/C23H22Cl3NO5/c1-12(2)22-18(27-23(32-22)15-5-4-14(24)10-16(15)25)6-7-19(28)13-3-8-20(17(26)9-13)31-11-21(29)30/h3-5,8-10,12,18,22H,6-7,11H2,1-2H3,(H,29,30). The molecule has 0 spiro atoms. The highest BCUT2D eigenvalue weighted by Crippen LogP contribution is 2.31. The second-order valence-electron chi connectivity index (χ2n) is 7.74. The van der Waals surface area contributed by atoms with E-state index in [9.17, 15) is 9.59 Å². The Morgan fingerprint density at radius 3 is 2.50 bits per heavy atom. The predicted octanol–water partition coefficient (Wildman–Crippen LogP) is 5.94. The van der Waals surface area contributed by atoms with Crippen LogP contribution in [0.1, 0.15) is 42.6 Å². The first-order chi connectivity index (χ1) is 15.2. The van der Waals surface area contributed by atoms with Crippen molar-refractivity contribution in [2.24, 2.45) is 10.9 Å². The molecule has 3 rings (SSSR count). The third kappa shape index (κ3) is 5.94. The van der Waals surface area contributed by atoms with Crippen molar-refractivity contribution in [3.05, 3.63) is 62.6 Å². The number of carboxylic acid groups (broad SMARTS) is 1. The Morgan fingerprint density at radius 2 is 1.88 bits per heavy atom. The van der Waals surface area contributed by atoms with E-state index in [1.807, 2.05) is 13.8 Å². The molecule has 0 aromatic heterocycles. The minimum atomic E-state index is -1.11. The molecule has 0 aliphatic carbocycles. The number of aliphatic imine (C=N–C) groups is 1. The summed E-state index contributed by atoms with van der Waals surface area (Å²) in [6.45, 7) is 3.57. The Labute approximate surface area is 201 Å². The van der Waals surface area contributed by atoms with Crippen LogP contribution in [0.25, 0.3) is 0 Å². The van der Waals surface area contributed by atoms with Crippen LogP contribution in [-0.2, 0) is 9.53 Å². The lowest BCUT2D eigenvalue weighted by Crippen LogP contribution is -2.28. The molecule has 1 aliphatic rings. The minimum Gasteiger partial charge on any atom is -0.480 e. The van der Waals surface area contributed by atoms with Gasteiger partial charge in [0.2, 0.25) is 5.90 Å². The van der Waals surface area contributed by atoms with Gasteiger partial charge in [-0.15, -0.1) is 0 Å². The zero-order valence-electron chi connectivity index (χ0n) is 17.5.